The number of aryl methyl sites for hydroxylation is 1. The van der Waals surface area contributed by atoms with Gasteiger partial charge < -0.3 is 0 Å². The molecule has 0 fully saturated rings. The van der Waals surface area contributed by atoms with Crippen molar-refractivity contribution in [1.82, 2.24) is 9.78 Å². The minimum Gasteiger partial charge on any atom is -0.254 e. The van der Waals surface area contributed by atoms with Crippen molar-refractivity contribution in [2.45, 2.75) is 72.6 Å². The second kappa shape index (κ2) is 12.7. The molecule has 4 heteroatoms. The Morgan fingerprint density at radius 2 is 1.26 bits per heavy atom. The van der Waals surface area contributed by atoms with E-state index in [1.54, 1.807) is 0 Å². The standard InChI is InChI=1S/C38H42N4/c1-8-28-18-14-20-30(25(2)3)36(28)40-38(29-16-10-9-11-17-29)42-35-23-13-12-19-33(35)34(41-42)24-39-37-31(26(4)5)21-15-22-32(37)27(6)7/h9-27H,8H2,1-7H3. The topological polar surface area (TPSA) is 42.5 Å². The molecule has 0 atom stereocenters. The molecule has 0 saturated carbocycles. The Morgan fingerprint density at radius 1 is 0.690 bits per heavy atom. The van der Waals surface area contributed by atoms with Crippen molar-refractivity contribution in [2.75, 3.05) is 0 Å². The molecule has 0 aliphatic rings. The molecule has 0 saturated heterocycles. The van der Waals surface area contributed by atoms with Gasteiger partial charge in [-0.3, -0.25) is 4.99 Å². The van der Waals surface area contributed by atoms with Crippen molar-refractivity contribution >= 4 is 34.3 Å². The van der Waals surface area contributed by atoms with Gasteiger partial charge in [0.25, 0.3) is 0 Å². The number of fused-ring (bicyclic) bond motifs is 1. The maximum absolute atomic E-state index is 5.42. The van der Waals surface area contributed by atoms with Gasteiger partial charge in [0.15, 0.2) is 5.84 Å². The predicted molar refractivity (Wildman–Crippen MR) is 180 cm³/mol. The number of para-hydroxylation sites is 3. The number of nitrogens with zero attached hydrogens (tertiary/aromatic N) is 4. The largest absolute Gasteiger partial charge is 0.254 e. The molecular weight excluding hydrogens is 512 g/mol. The first-order valence-electron chi connectivity index (χ1n) is 15.2. The van der Waals surface area contributed by atoms with Crippen molar-refractivity contribution in [3.8, 4) is 0 Å². The average Bonchev–Trinajstić information content (AvgIpc) is 3.36. The van der Waals surface area contributed by atoms with E-state index in [0.29, 0.717) is 17.8 Å². The van der Waals surface area contributed by atoms with Crippen molar-refractivity contribution in [3.05, 3.63) is 125 Å². The van der Waals surface area contributed by atoms with Crippen LogP contribution < -0.4 is 0 Å². The van der Waals surface area contributed by atoms with E-state index in [4.69, 9.17) is 15.1 Å². The molecule has 0 bridgehead atoms. The smallest absolute Gasteiger partial charge is 0.161 e. The maximum atomic E-state index is 5.42. The first kappa shape index (κ1) is 29.2. The van der Waals surface area contributed by atoms with Crippen LogP contribution in [0, 0.1) is 0 Å². The lowest BCUT2D eigenvalue weighted by Crippen LogP contribution is -2.15. The van der Waals surface area contributed by atoms with Crippen LogP contribution in [0.15, 0.2) is 101 Å². The van der Waals surface area contributed by atoms with Crippen LogP contribution in [-0.4, -0.2) is 21.8 Å². The number of hydrogen-bond acceptors (Lipinski definition) is 3. The highest BCUT2D eigenvalue weighted by molar-refractivity contribution is 6.09. The zero-order valence-electron chi connectivity index (χ0n) is 26.0. The fraction of sp³-hybridized carbons (Fsp3) is 0.289. The van der Waals surface area contributed by atoms with Crippen LogP contribution in [0.2, 0.25) is 0 Å². The molecule has 42 heavy (non-hydrogen) atoms. The van der Waals surface area contributed by atoms with Crippen LogP contribution in [-0.2, 0) is 6.42 Å². The molecule has 0 spiro atoms. The fourth-order valence-corrected chi connectivity index (χ4v) is 5.56. The van der Waals surface area contributed by atoms with E-state index in [2.05, 4.69) is 133 Å². The van der Waals surface area contributed by atoms with Gasteiger partial charge in [-0.1, -0.05) is 133 Å². The number of aromatic nitrogens is 2. The van der Waals surface area contributed by atoms with E-state index in [9.17, 15) is 0 Å². The maximum Gasteiger partial charge on any atom is 0.161 e. The van der Waals surface area contributed by atoms with E-state index in [1.165, 1.54) is 22.3 Å². The highest BCUT2D eigenvalue weighted by Gasteiger charge is 2.19. The third-order valence-electron chi connectivity index (χ3n) is 7.88. The Labute approximate surface area is 250 Å². The molecule has 1 heterocycles. The summed E-state index contributed by atoms with van der Waals surface area (Å²) in [6.45, 7) is 15.6. The third-order valence-corrected chi connectivity index (χ3v) is 7.88. The normalized spacial score (nSPS) is 12.5. The Hall–Kier alpha value is -4.31. The van der Waals surface area contributed by atoms with Crippen LogP contribution in [0.25, 0.3) is 10.9 Å². The molecule has 1 aromatic heterocycles. The summed E-state index contributed by atoms with van der Waals surface area (Å²) >= 11 is 0. The second-order valence-corrected chi connectivity index (χ2v) is 11.8. The summed E-state index contributed by atoms with van der Waals surface area (Å²) in [5, 5.41) is 6.24. The molecule has 5 aromatic rings. The molecule has 214 valence electrons. The van der Waals surface area contributed by atoms with Gasteiger partial charge in [0.1, 0.15) is 5.69 Å². The highest BCUT2D eigenvalue weighted by Crippen LogP contribution is 2.35. The van der Waals surface area contributed by atoms with Crippen molar-refractivity contribution < 1.29 is 0 Å². The SMILES string of the molecule is CCc1cccc(C(C)C)c1N=C(c1ccccc1)n1nc(C=Nc2c(C(C)C)cccc2C(C)C)c2ccccc21. The first-order valence-corrected chi connectivity index (χ1v) is 15.2. The minimum atomic E-state index is 0.348. The zero-order valence-corrected chi connectivity index (χ0v) is 26.0. The Kier molecular flexibility index (Phi) is 8.82. The third kappa shape index (κ3) is 5.85. The highest BCUT2D eigenvalue weighted by atomic mass is 15.3. The van der Waals surface area contributed by atoms with Gasteiger partial charge in [-0.25, -0.2) is 9.67 Å². The van der Waals surface area contributed by atoms with Gasteiger partial charge in [0.05, 0.1) is 23.1 Å². The predicted octanol–water partition coefficient (Wildman–Crippen LogP) is 10.3. The van der Waals surface area contributed by atoms with Crippen molar-refractivity contribution in [2.24, 2.45) is 9.98 Å². The second-order valence-electron chi connectivity index (χ2n) is 11.8. The van der Waals surface area contributed by atoms with E-state index in [-0.39, 0.29) is 0 Å². The van der Waals surface area contributed by atoms with Gasteiger partial charge in [0.2, 0.25) is 0 Å². The monoisotopic (exact) mass is 554 g/mol. The molecule has 0 amide bonds. The van der Waals surface area contributed by atoms with Crippen LogP contribution in [0.5, 0.6) is 0 Å². The summed E-state index contributed by atoms with van der Waals surface area (Å²) in [7, 11) is 0. The van der Waals surface area contributed by atoms with E-state index in [0.717, 1.165) is 45.8 Å². The first-order chi connectivity index (χ1) is 20.3. The van der Waals surface area contributed by atoms with E-state index < -0.39 is 0 Å². The van der Waals surface area contributed by atoms with E-state index in [1.807, 2.05) is 17.0 Å². The van der Waals surface area contributed by atoms with Gasteiger partial charge in [-0.05, 0) is 52.5 Å². The fourth-order valence-electron chi connectivity index (χ4n) is 5.56. The summed E-state index contributed by atoms with van der Waals surface area (Å²) in [4.78, 5) is 10.5. The molecule has 0 N–H and O–H groups in total. The lowest BCUT2D eigenvalue weighted by atomic mass is 9.93. The van der Waals surface area contributed by atoms with E-state index >= 15 is 0 Å². The Morgan fingerprint density at radius 3 is 1.88 bits per heavy atom. The van der Waals surface area contributed by atoms with Gasteiger partial charge in [0, 0.05) is 10.9 Å². The molecule has 0 aliphatic carbocycles. The lowest BCUT2D eigenvalue weighted by molar-refractivity contribution is 0.835. The van der Waals surface area contributed by atoms with Crippen molar-refractivity contribution in [3.63, 3.8) is 0 Å². The summed E-state index contributed by atoms with van der Waals surface area (Å²) in [5.74, 6) is 1.90. The Balaban J connectivity index is 1.75. The number of rotatable bonds is 8. The molecule has 5 rings (SSSR count). The quantitative estimate of drug-likeness (QED) is 0.139. The lowest BCUT2D eigenvalue weighted by Gasteiger charge is -2.16. The molecule has 0 unspecified atom stereocenters. The molecule has 0 radical (unpaired) electrons. The number of hydrogen-bond donors (Lipinski definition) is 0. The molecule has 4 aromatic carbocycles. The summed E-state index contributed by atoms with van der Waals surface area (Å²) in [6, 6.07) is 31.8. The van der Waals surface area contributed by atoms with Crippen LogP contribution in [0.3, 0.4) is 0 Å². The minimum absolute atomic E-state index is 0.348. The number of aliphatic imine (C=N–C) groups is 2. The molecule has 4 nitrogen and oxygen atoms in total. The Bertz CT molecular complexity index is 1710. The van der Waals surface area contributed by atoms with Gasteiger partial charge in [-0.2, -0.15) is 5.10 Å². The summed E-state index contributed by atoms with van der Waals surface area (Å²) in [6.07, 6.45) is 2.85. The van der Waals surface area contributed by atoms with Crippen LogP contribution in [0.4, 0.5) is 11.4 Å². The van der Waals surface area contributed by atoms with Crippen LogP contribution >= 0.6 is 0 Å². The summed E-state index contributed by atoms with van der Waals surface area (Å²) < 4.78 is 2.00. The van der Waals surface area contributed by atoms with Crippen LogP contribution in [0.1, 0.15) is 99.7 Å². The molecular formula is C38H42N4. The average molecular weight is 555 g/mol. The zero-order chi connectivity index (χ0) is 29.8. The van der Waals surface area contributed by atoms with Gasteiger partial charge >= 0.3 is 0 Å². The molecule has 0 aliphatic heterocycles. The van der Waals surface area contributed by atoms with Gasteiger partial charge in [-0.15, -0.1) is 0 Å². The number of benzene rings is 4. The van der Waals surface area contributed by atoms with Crippen molar-refractivity contribution in [1.29, 1.82) is 0 Å². The summed E-state index contributed by atoms with van der Waals surface area (Å²) in [5.41, 5.74) is 9.93.